The van der Waals surface area contributed by atoms with Crippen molar-refractivity contribution in [3.63, 3.8) is 0 Å². The first-order valence-electron chi connectivity index (χ1n) is 4.51. The molecule has 1 fully saturated rings. The maximum absolute atomic E-state index is 5.98. The standard InChI is InChI=1S/C9H12ClN3O/c10-9-8(5-7(11)6-12-9)13-1-3-14-4-2-13/h5-6H,1-4,11H2. The lowest BCUT2D eigenvalue weighted by Crippen LogP contribution is -2.36. The summed E-state index contributed by atoms with van der Waals surface area (Å²) in [4.78, 5) is 6.15. The van der Waals surface area contributed by atoms with Crippen LogP contribution in [0.2, 0.25) is 5.15 Å². The zero-order valence-electron chi connectivity index (χ0n) is 7.74. The zero-order valence-corrected chi connectivity index (χ0v) is 8.50. The van der Waals surface area contributed by atoms with Crippen molar-refractivity contribution in [2.45, 2.75) is 0 Å². The fraction of sp³-hybridized carbons (Fsp3) is 0.444. The SMILES string of the molecule is Nc1cnc(Cl)c(N2CCOCC2)c1. The van der Waals surface area contributed by atoms with Crippen LogP contribution in [0.4, 0.5) is 11.4 Å². The highest BCUT2D eigenvalue weighted by molar-refractivity contribution is 6.32. The van der Waals surface area contributed by atoms with Gasteiger partial charge in [0, 0.05) is 13.1 Å². The van der Waals surface area contributed by atoms with Crippen LogP contribution in [-0.4, -0.2) is 31.3 Å². The molecule has 0 unspecified atom stereocenters. The van der Waals surface area contributed by atoms with Gasteiger partial charge >= 0.3 is 0 Å². The lowest BCUT2D eigenvalue weighted by atomic mass is 10.3. The number of ether oxygens (including phenoxy) is 1. The Hall–Kier alpha value is -1.00. The Bertz CT molecular complexity index is 326. The number of anilines is 2. The second-order valence-electron chi connectivity index (χ2n) is 3.18. The Labute approximate surface area is 87.6 Å². The second kappa shape index (κ2) is 4.02. The number of halogens is 1. The highest BCUT2D eigenvalue weighted by Crippen LogP contribution is 2.25. The highest BCUT2D eigenvalue weighted by atomic mass is 35.5. The van der Waals surface area contributed by atoms with Crippen molar-refractivity contribution < 1.29 is 4.74 Å². The molecular formula is C9H12ClN3O. The van der Waals surface area contributed by atoms with Gasteiger partial charge in [-0.25, -0.2) is 4.98 Å². The zero-order chi connectivity index (χ0) is 9.97. The Kier molecular flexibility index (Phi) is 2.74. The maximum atomic E-state index is 5.98. The minimum Gasteiger partial charge on any atom is -0.397 e. The Balaban J connectivity index is 2.24. The fourth-order valence-corrected chi connectivity index (χ4v) is 1.70. The summed E-state index contributed by atoms with van der Waals surface area (Å²) in [6.45, 7) is 3.13. The van der Waals surface area contributed by atoms with Gasteiger partial charge in [-0.3, -0.25) is 0 Å². The molecule has 0 amide bonds. The van der Waals surface area contributed by atoms with E-state index in [-0.39, 0.29) is 0 Å². The summed E-state index contributed by atoms with van der Waals surface area (Å²) in [7, 11) is 0. The van der Waals surface area contributed by atoms with Crippen LogP contribution in [0.25, 0.3) is 0 Å². The number of rotatable bonds is 1. The lowest BCUT2D eigenvalue weighted by Gasteiger charge is -2.29. The van der Waals surface area contributed by atoms with Gasteiger partial charge in [-0.15, -0.1) is 0 Å². The molecule has 4 nitrogen and oxygen atoms in total. The predicted molar refractivity (Wildman–Crippen MR) is 56.7 cm³/mol. The first kappa shape index (κ1) is 9.55. The van der Waals surface area contributed by atoms with Gasteiger partial charge < -0.3 is 15.4 Å². The van der Waals surface area contributed by atoms with Crippen molar-refractivity contribution in [1.29, 1.82) is 0 Å². The van der Waals surface area contributed by atoms with Crippen LogP contribution in [0, 0.1) is 0 Å². The molecule has 0 spiro atoms. The van der Waals surface area contributed by atoms with E-state index in [0.29, 0.717) is 10.8 Å². The Morgan fingerprint density at radius 1 is 1.43 bits per heavy atom. The summed E-state index contributed by atoms with van der Waals surface area (Å²) in [6.07, 6.45) is 1.56. The quantitative estimate of drug-likeness (QED) is 0.712. The summed E-state index contributed by atoms with van der Waals surface area (Å²) in [5.41, 5.74) is 7.19. The molecule has 1 aromatic heterocycles. The van der Waals surface area contributed by atoms with Gasteiger partial charge in [0.1, 0.15) is 0 Å². The van der Waals surface area contributed by atoms with Crippen LogP contribution in [0.3, 0.4) is 0 Å². The maximum Gasteiger partial charge on any atom is 0.152 e. The molecule has 5 heteroatoms. The van der Waals surface area contributed by atoms with E-state index >= 15 is 0 Å². The molecule has 0 saturated carbocycles. The van der Waals surface area contributed by atoms with E-state index in [4.69, 9.17) is 22.1 Å². The van der Waals surface area contributed by atoms with Crippen molar-refractivity contribution in [2.24, 2.45) is 0 Å². The van der Waals surface area contributed by atoms with E-state index in [1.54, 1.807) is 6.20 Å². The Morgan fingerprint density at radius 2 is 2.14 bits per heavy atom. The number of nitrogens with two attached hydrogens (primary N) is 1. The van der Waals surface area contributed by atoms with E-state index < -0.39 is 0 Å². The summed E-state index contributed by atoms with van der Waals surface area (Å²) in [5, 5.41) is 0.501. The highest BCUT2D eigenvalue weighted by Gasteiger charge is 2.14. The molecule has 14 heavy (non-hydrogen) atoms. The van der Waals surface area contributed by atoms with E-state index in [1.165, 1.54) is 0 Å². The van der Waals surface area contributed by atoms with Gasteiger partial charge in [-0.1, -0.05) is 11.6 Å². The number of aromatic nitrogens is 1. The minimum atomic E-state index is 0.501. The number of hydrogen-bond donors (Lipinski definition) is 1. The average Bonchev–Trinajstić information content (AvgIpc) is 2.23. The molecule has 2 heterocycles. The molecule has 0 radical (unpaired) electrons. The van der Waals surface area contributed by atoms with Crippen LogP contribution in [0.1, 0.15) is 0 Å². The van der Waals surface area contributed by atoms with Crippen molar-refractivity contribution in [3.05, 3.63) is 17.4 Å². The van der Waals surface area contributed by atoms with Crippen LogP contribution in [0.15, 0.2) is 12.3 Å². The van der Waals surface area contributed by atoms with Gasteiger partial charge in [0.25, 0.3) is 0 Å². The number of hydrogen-bond acceptors (Lipinski definition) is 4. The molecule has 1 saturated heterocycles. The Morgan fingerprint density at radius 3 is 2.86 bits per heavy atom. The van der Waals surface area contributed by atoms with E-state index in [1.807, 2.05) is 6.07 Å². The lowest BCUT2D eigenvalue weighted by molar-refractivity contribution is 0.122. The molecule has 1 aromatic rings. The number of morpholine rings is 1. The first-order chi connectivity index (χ1) is 6.77. The fourth-order valence-electron chi connectivity index (χ4n) is 1.48. The second-order valence-corrected chi connectivity index (χ2v) is 3.54. The number of nitrogens with zero attached hydrogens (tertiary/aromatic N) is 2. The van der Waals surface area contributed by atoms with Crippen LogP contribution in [-0.2, 0) is 4.74 Å². The molecule has 0 aromatic carbocycles. The van der Waals surface area contributed by atoms with Crippen molar-refractivity contribution >= 4 is 23.0 Å². The molecule has 0 aliphatic carbocycles. The molecule has 76 valence electrons. The van der Waals surface area contributed by atoms with Crippen molar-refractivity contribution in [2.75, 3.05) is 36.9 Å². The van der Waals surface area contributed by atoms with Gasteiger partial charge in [-0.05, 0) is 6.07 Å². The largest absolute Gasteiger partial charge is 0.397 e. The molecule has 2 rings (SSSR count). The first-order valence-corrected chi connectivity index (χ1v) is 4.89. The van der Waals surface area contributed by atoms with E-state index in [2.05, 4.69) is 9.88 Å². The molecular weight excluding hydrogens is 202 g/mol. The smallest absolute Gasteiger partial charge is 0.152 e. The van der Waals surface area contributed by atoms with Crippen molar-refractivity contribution in [3.8, 4) is 0 Å². The predicted octanol–water partition coefficient (Wildman–Crippen LogP) is 1.15. The topological polar surface area (TPSA) is 51.4 Å². The van der Waals surface area contributed by atoms with E-state index in [9.17, 15) is 0 Å². The minimum absolute atomic E-state index is 0.501. The molecule has 1 aliphatic heterocycles. The third kappa shape index (κ3) is 1.91. The van der Waals surface area contributed by atoms with Gasteiger partial charge in [0.15, 0.2) is 5.15 Å². The number of nitrogen functional groups attached to an aromatic ring is 1. The average molecular weight is 214 g/mol. The number of pyridine rings is 1. The normalized spacial score (nSPS) is 17.1. The molecule has 0 atom stereocenters. The van der Waals surface area contributed by atoms with Gasteiger partial charge in [0.2, 0.25) is 0 Å². The summed E-state index contributed by atoms with van der Waals surface area (Å²) < 4.78 is 5.25. The van der Waals surface area contributed by atoms with Gasteiger partial charge in [0.05, 0.1) is 30.8 Å². The summed E-state index contributed by atoms with van der Waals surface area (Å²) in [6, 6.07) is 1.85. The third-order valence-electron chi connectivity index (χ3n) is 2.19. The van der Waals surface area contributed by atoms with Crippen LogP contribution < -0.4 is 10.6 Å². The summed E-state index contributed by atoms with van der Waals surface area (Å²) in [5.74, 6) is 0. The van der Waals surface area contributed by atoms with Crippen molar-refractivity contribution in [1.82, 2.24) is 4.98 Å². The van der Waals surface area contributed by atoms with E-state index in [0.717, 1.165) is 32.0 Å². The monoisotopic (exact) mass is 213 g/mol. The van der Waals surface area contributed by atoms with Crippen LogP contribution in [0.5, 0.6) is 0 Å². The molecule has 0 bridgehead atoms. The summed E-state index contributed by atoms with van der Waals surface area (Å²) >= 11 is 5.98. The molecule has 2 N–H and O–H groups in total. The van der Waals surface area contributed by atoms with Gasteiger partial charge in [-0.2, -0.15) is 0 Å². The molecule has 1 aliphatic rings. The van der Waals surface area contributed by atoms with Crippen LogP contribution >= 0.6 is 11.6 Å². The third-order valence-corrected chi connectivity index (χ3v) is 2.48.